The number of ether oxygens (including phenoxy) is 1. The maximum Gasteiger partial charge on any atom is 0.306 e. The fourth-order valence-corrected chi connectivity index (χ4v) is 1.61. The molecule has 1 aromatic rings. The van der Waals surface area contributed by atoms with E-state index in [-0.39, 0.29) is 13.2 Å². The number of benzene rings is 1. The lowest BCUT2D eigenvalue weighted by Gasteiger charge is -2.21. The topological polar surface area (TPSA) is 95.9 Å². The summed E-state index contributed by atoms with van der Waals surface area (Å²) in [6.07, 6.45) is -0.456. The van der Waals surface area contributed by atoms with Gasteiger partial charge in [-0.2, -0.15) is 0 Å². The van der Waals surface area contributed by atoms with Crippen molar-refractivity contribution in [2.24, 2.45) is 0 Å². The lowest BCUT2D eigenvalue weighted by Crippen LogP contribution is -2.43. The summed E-state index contributed by atoms with van der Waals surface area (Å²) < 4.78 is 5.20. The first-order chi connectivity index (χ1) is 9.28. The highest BCUT2D eigenvalue weighted by atomic mass is 35.5. The van der Waals surface area contributed by atoms with E-state index in [0.717, 1.165) is 0 Å². The Labute approximate surface area is 121 Å². The average Bonchev–Trinajstić information content (AvgIpc) is 2.32. The molecule has 0 bridgehead atoms. The summed E-state index contributed by atoms with van der Waals surface area (Å²) >= 11 is 5.76. The van der Waals surface area contributed by atoms with E-state index in [4.69, 9.17) is 21.4 Å². The number of rotatable bonds is 7. The molecule has 1 rings (SSSR count). The molecular weight excluding hydrogens is 286 g/mol. The van der Waals surface area contributed by atoms with Crippen molar-refractivity contribution < 1.29 is 24.5 Å². The first kappa shape index (κ1) is 16.3. The zero-order valence-corrected chi connectivity index (χ0v) is 11.7. The molecule has 110 valence electrons. The SMILES string of the molecule is CC(O)(CNC(=O)COc1cccc(Cl)c1)CC(=O)O. The van der Waals surface area contributed by atoms with E-state index in [0.29, 0.717) is 10.8 Å². The molecule has 1 aromatic carbocycles. The van der Waals surface area contributed by atoms with Crippen molar-refractivity contribution in [2.45, 2.75) is 18.9 Å². The third-order valence-corrected chi connectivity index (χ3v) is 2.60. The molecule has 0 heterocycles. The van der Waals surface area contributed by atoms with E-state index in [1.54, 1.807) is 24.3 Å². The summed E-state index contributed by atoms with van der Waals surface area (Å²) in [7, 11) is 0. The van der Waals surface area contributed by atoms with Gasteiger partial charge in [0.1, 0.15) is 5.75 Å². The average molecular weight is 302 g/mol. The highest BCUT2D eigenvalue weighted by Crippen LogP contribution is 2.16. The quantitative estimate of drug-likeness (QED) is 0.700. The number of halogens is 1. The van der Waals surface area contributed by atoms with E-state index in [1.807, 2.05) is 0 Å². The van der Waals surface area contributed by atoms with E-state index < -0.39 is 23.9 Å². The smallest absolute Gasteiger partial charge is 0.306 e. The Hall–Kier alpha value is -1.79. The molecule has 0 aliphatic carbocycles. The Morgan fingerprint density at radius 2 is 2.15 bits per heavy atom. The van der Waals surface area contributed by atoms with Crippen LogP contribution in [0, 0.1) is 0 Å². The Morgan fingerprint density at radius 1 is 1.45 bits per heavy atom. The van der Waals surface area contributed by atoms with Gasteiger partial charge in [-0.25, -0.2) is 0 Å². The zero-order valence-electron chi connectivity index (χ0n) is 10.9. The molecule has 0 aromatic heterocycles. The van der Waals surface area contributed by atoms with Gasteiger partial charge in [-0.15, -0.1) is 0 Å². The molecule has 0 spiro atoms. The third kappa shape index (κ3) is 6.40. The second-order valence-corrected chi connectivity index (χ2v) is 5.03. The molecular formula is C13H16ClNO5. The molecule has 1 amide bonds. The molecule has 20 heavy (non-hydrogen) atoms. The first-order valence-corrected chi connectivity index (χ1v) is 6.25. The number of carboxylic acids is 1. The van der Waals surface area contributed by atoms with Crippen LogP contribution in [0.3, 0.4) is 0 Å². The molecule has 0 aliphatic rings. The summed E-state index contributed by atoms with van der Waals surface area (Å²) in [6, 6.07) is 6.58. The summed E-state index contributed by atoms with van der Waals surface area (Å²) in [6.45, 7) is 0.916. The van der Waals surface area contributed by atoms with Crippen molar-refractivity contribution in [1.29, 1.82) is 0 Å². The van der Waals surface area contributed by atoms with E-state index >= 15 is 0 Å². The Balaban J connectivity index is 2.35. The first-order valence-electron chi connectivity index (χ1n) is 5.88. The van der Waals surface area contributed by atoms with Gasteiger partial charge in [0, 0.05) is 11.6 Å². The van der Waals surface area contributed by atoms with Crippen LogP contribution in [-0.4, -0.2) is 40.8 Å². The largest absolute Gasteiger partial charge is 0.484 e. The number of carboxylic acid groups (broad SMARTS) is 1. The minimum absolute atomic E-state index is 0.170. The minimum Gasteiger partial charge on any atom is -0.484 e. The number of aliphatic carboxylic acids is 1. The molecule has 3 N–H and O–H groups in total. The highest BCUT2D eigenvalue weighted by molar-refractivity contribution is 6.30. The number of hydrogen-bond acceptors (Lipinski definition) is 4. The molecule has 7 heteroatoms. The Morgan fingerprint density at radius 3 is 2.75 bits per heavy atom. The second-order valence-electron chi connectivity index (χ2n) is 4.59. The third-order valence-electron chi connectivity index (χ3n) is 2.36. The van der Waals surface area contributed by atoms with Crippen molar-refractivity contribution in [1.82, 2.24) is 5.32 Å². The number of aliphatic hydroxyl groups is 1. The lowest BCUT2D eigenvalue weighted by atomic mass is 10.0. The van der Waals surface area contributed by atoms with Gasteiger partial charge in [-0.1, -0.05) is 17.7 Å². The van der Waals surface area contributed by atoms with E-state index in [2.05, 4.69) is 5.32 Å². The highest BCUT2D eigenvalue weighted by Gasteiger charge is 2.24. The number of hydrogen-bond donors (Lipinski definition) is 3. The number of carbonyl (C=O) groups is 2. The molecule has 0 fully saturated rings. The molecule has 1 atom stereocenters. The Kier molecular flexibility index (Phi) is 5.79. The van der Waals surface area contributed by atoms with Crippen LogP contribution in [0.1, 0.15) is 13.3 Å². The van der Waals surface area contributed by atoms with E-state index in [9.17, 15) is 14.7 Å². The summed E-state index contributed by atoms with van der Waals surface area (Å²) in [4.78, 5) is 22.0. The normalized spacial score (nSPS) is 13.3. The predicted molar refractivity (Wildman–Crippen MR) is 72.8 cm³/mol. The van der Waals surface area contributed by atoms with Crippen molar-refractivity contribution in [3.8, 4) is 5.75 Å². The molecule has 0 aliphatic heterocycles. The van der Waals surface area contributed by atoms with Gasteiger partial charge >= 0.3 is 5.97 Å². The Bertz CT molecular complexity index is 489. The maximum absolute atomic E-state index is 11.5. The fraction of sp³-hybridized carbons (Fsp3) is 0.385. The monoisotopic (exact) mass is 301 g/mol. The van der Waals surface area contributed by atoms with Crippen LogP contribution < -0.4 is 10.1 Å². The van der Waals surface area contributed by atoms with Gasteiger partial charge in [-0.05, 0) is 25.1 Å². The van der Waals surface area contributed by atoms with Gasteiger partial charge in [0.15, 0.2) is 6.61 Å². The minimum atomic E-state index is -1.50. The molecule has 0 saturated heterocycles. The standard InChI is InChI=1S/C13H16ClNO5/c1-13(19,6-12(17)18)8-15-11(16)7-20-10-4-2-3-9(14)5-10/h2-5,19H,6-8H2,1H3,(H,15,16)(H,17,18). The molecule has 0 saturated carbocycles. The molecule has 6 nitrogen and oxygen atoms in total. The summed E-state index contributed by atoms with van der Waals surface area (Å²) in [5.41, 5.74) is -1.50. The van der Waals surface area contributed by atoms with Gasteiger partial charge < -0.3 is 20.3 Å². The van der Waals surface area contributed by atoms with Crippen molar-refractivity contribution in [3.63, 3.8) is 0 Å². The van der Waals surface area contributed by atoms with Crippen LogP contribution in [0.15, 0.2) is 24.3 Å². The predicted octanol–water partition coefficient (Wildman–Crippen LogP) is 1.06. The van der Waals surface area contributed by atoms with Crippen molar-refractivity contribution >= 4 is 23.5 Å². The van der Waals surface area contributed by atoms with Gasteiger partial charge in [0.25, 0.3) is 5.91 Å². The lowest BCUT2D eigenvalue weighted by molar-refractivity contribution is -0.142. The number of amides is 1. The van der Waals surface area contributed by atoms with Crippen LogP contribution in [0.25, 0.3) is 0 Å². The summed E-state index contributed by atoms with van der Waals surface area (Å²) in [5.74, 6) is -1.15. The summed E-state index contributed by atoms with van der Waals surface area (Å²) in [5, 5.41) is 21.2. The van der Waals surface area contributed by atoms with Crippen LogP contribution in [-0.2, 0) is 9.59 Å². The van der Waals surface area contributed by atoms with Gasteiger partial charge in [0.05, 0.1) is 12.0 Å². The molecule has 0 radical (unpaired) electrons. The van der Waals surface area contributed by atoms with Gasteiger partial charge in [0.2, 0.25) is 0 Å². The van der Waals surface area contributed by atoms with Crippen molar-refractivity contribution in [2.75, 3.05) is 13.2 Å². The van der Waals surface area contributed by atoms with E-state index in [1.165, 1.54) is 6.92 Å². The zero-order chi connectivity index (χ0) is 15.2. The maximum atomic E-state index is 11.5. The van der Waals surface area contributed by atoms with Gasteiger partial charge in [-0.3, -0.25) is 9.59 Å². The number of carbonyl (C=O) groups excluding carboxylic acids is 1. The molecule has 1 unspecified atom stereocenters. The fourth-order valence-electron chi connectivity index (χ4n) is 1.43. The van der Waals surface area contributed by atoms with Crippen LogP contribution >= 0.6 is 11.6 Å². The van der Waals surface area contributed by atoms with Crippen molar-refractivity contribution in [3.05, 3.63) is 29.3 Å². The van der Waals surface area contributed by atoms with Crippen LogP contribution in [0.5, 0.6) is 5.75 Å². The second kappa shape index (κ2) is 7.12. The van der Waals surface area contributed by atoms with Crippen LogP contribution in [0.4, 0.5) is 0 Å². The van der Waals surface area contributed by atoms with Crippen LogP contribution in [0.2, 0.25) is 5.02 Å². The number of nitrogens with one attached hydrogen (secondary N) is 1.